The number of aliphatic hydroxyl groups is 1. The fourth-order valence-corrected chi connectivity index (χ4v) is 6.76. The van der Waals surface area contributed by atoms with E-state index in [1.165, 1.54) is 79.8 Å². The lowest BCUT2D eigenvalue weighted by Crippen LogP contribution is -2.14. The molecule has 0 aliphatic heterocycles. The maximum atomic E-state index is 12.1. The minimum Gasteiger partial charge on any atom is -0.467 e. The van der Waals surface area contributed by atoms with Crippen LogP contribution in [0.1, 0.15) is 53.8 Å². The van der Waals surface area contributed by atoms with Crippen LogP contribution < -0.4 is 38.1 Å². The molecule has 0 aromatic carbocycles. The Labute approximate surface area is 444 Å². The summed E-state index contributed by atoms with van der Waals surface area (Å²) in [5.41, 5.74) is 33.1. The molecule has 0 radical (unpaired) electrons. The SMILES string of the molecule is COC(=O)c1cnn(C)c1N.COC(=O)c1cnn(C)c1N=Nc1c(C)nn(-c2nc(OC)nc(-n3nc(C)c(N=Nc4c(C(=O)CO)cnn4C)c3N)n2)c1N.COc1nc(-n2nc(C)cc2N)nc(-n2nc(C)cc2N)n1. The quantitative estimate of drug-likeness (QED) is 0.0504. The van der Waals surface area contributed by atoms with Crippen molar-refractivity contribution in [1.29, 1.82) is 0 Å². The van der Waals surface area contributed by atoms with Gasteiger partial charge in [-0.1, -0.05) is 0 Å². The van der Waals surface area contributed by atoms with Gasteiger partial charge in [-0.2, -0.15) is 84.3 Å². The van der Waals surface area contributed by atoms with E-state index in [-0.39, 0.29) is 81.6 Å². The van der Waals surface area contributed by atoms with Crippen LogP contribution in [0.4, 0.5) is 52.1 Å². The number of hydrogen-bond acceptors (Lipinski definition) is 30. The van der Waals surface area contributed by atoms with Gasteiger partial charge >= 0.3 is 24.0 Å². The fourth-order valence-electron chi connectivity index (χ4n) is 6.76. The number of methoxy groups -OCH3 is 4. The van der Waals surface area contributed by atoms with E-state index in [9.17, 15) is 19.5 Å². The second-order valence-corrected chi connectivity index (χ2v) is 16.1. The van der Waals surface area contributed by atoms with Crippen LogP contribution in [0.5, 0.6) is 12.0 Å². The summed E-state index contributed by atoms with van der Waals surface area (Å²) in [6.07, 6.45) is 3.96. The van der Waals surface area contributed by atoms with E-state index in [0.29, 0.717) is 34.4 Å². The normalized spacial score (nSPS) is 11.1. The van der Waals surface area contributed by atoms with E-state index in [1.807, 2.05) is 13.8 Å². The summed E-state index contributed by atoms with van der Waals surface area (Å²) in [7, 11) is 10.2. The van der Waals surface area contributed by atoms with E-state index in [4.69, 9.17) is 42.9 Å². The molecule has 37 nitrogen and oxygen atoms in total. The van der Waals surface area contributed by atoms with Gasteiger partial charge in [0.05, 0.1) is 75.4 Å². The van der Waals surface area contributed by atoms with Gasteiger partial charge in [0.1, 0.15) is 35.2 Å². The number of azo groups is 2. The molecule has 9 aromatic heterocycles. The maximum absolute atomic E-state index is 12.1. The molecular weight excluding hydrogens is 1040 g/mol. The Balaban J connectivity index is 0.000000223. The summed E-state index contributed by atoms with van der Waals surface area (Å²) in [6, 6.07) is 3.41. The highest BCUT2D eigenvalue weighted by Crippen LogP contribution is 2.33. The molecule has 0 bridgehead atoms. The lowest BCUT2D eigenvalue weighted by Gasteiger charge is -2.08. The lowest BCUT2D eigenvalue weighted by molar-refractivity contribution is 0.0592. The minimum atomic E-state index is -0.720. The maximum Gasteiger partial charge on any atom is 0.343 e. The molecule has 0 atom stereocenters. The van der Waals surface area contributed by atoms with Crippen molar-refractivity contribution in [2.45, 2.75) is 27.7 Å². The van der Waals surface area contributed by atoms with E-state index in [0.717, 1.165) is 11.4 Å². The van der Waals surface area contributed by atoms with Gasteiger partial charge in [0.25, 0.3) is 23.8 Å². The van der Waals surface area contributed by atoms with Gasteiger partial charge in [-0.3, -0.25) is 9.48 Å². The van der Waals surface area contributed by atoms with Crippen LogP contribution in [0.15, 0.2) is 51.2 Å². The van der Waals surface area contributed by atoms with Crippen molar-refractivity contribution < 1.29 is 38.4 Å². The Morgan fingerprint density at radius 2 is 0.886 bits per heavy atom. The highest BCUT2D eigenvalue weighted by molar-refractivity contribution is 6.00. The summed E-state index contributed by atoms with van der Waals surface area (Å²) in [5.74, 6) is -0.00485. The first-order valence-electron chi connectivity index (χ1n) is 22.5. The fraction of sp³-hybridized carbons (Fsp3) is 0.286. The van der Waals surface area contributed by atoms with E-state index < -0.39 is 24.3 Å². The number of carbonyl (C=O) groups excluding carboxylic acids is 3. The van der Waals surface area contributed by atoms with Crippen LogP contribution in [-0.2, 0) is 30.6 Å². The Kier molecular flexibility index (Phi) is 16.3. The molecule has 0 fully saturated rings. The van der Waals surface area contributed by atoms with Crippen molar-refractivity contribution >= 4 is 69.8 Å². The number of ketones is 1. The smallest absolute Gasteiger partial charge is 0.343 e. The van der Waals surface area contributed by atoms with Crippen molar-refractivity contribution in [3.8, 4) is 35.8 Å². The highest BCUT2D eigenvalue weighted by Gasteiger charge is 2.24. The Bertz CT molecular complexity index is 3590. The number of aromatic nitrogens is 20. The Morgan fingerprint density at radius 1 is 0.506 bits per heavy atom. The van der Waals surface area contributed by atoms with Crippen molar-refractivity contribution in [2.75, 3.05) is 63.7 Å². The first-order chi connectivity index (χ1) is 37.6. The third-order valence-electron chi connectivity index (χ3n) is 10.7. The zero-order valence-corrected chi connectivity index (χ0v) is 44.0. The minimum absolute atomic E-state index is 0.00523. The number of rotatable bonds is 14. The molecule has 0 saturated heterocycles. The number of nitrogens with zero attached hydrogens (tertiary/aromatic N) is 24. The molecule has 37 heteroatoms. The first kappa shape index (κ1) is 55.6. The number of ether oxygens (including phenoxy) is 4. The number of hydrogen-bond donors (Lipinski definition) is 6. The molecule has 0 aliphatic rings. The van der Waals surface area contributed by atoms with Gasteiger partial charge < -0.3 is 52.7 Å². The molecule has 9 heterocycles. The molecule has 11 N–H and O–H groups in total. The third-order valence-corrected chi connectivity index (χ3v) is 10.7. The van der Waals surface area contributed by atoms with Gasteiger partial charge in [-0.15, -0.1) is 20.5 Å². The predicted octanol–water partition coefficient (Wildman–Crippen LogP) is 1.11. The van der Waals surface area contributed by atoms with Crippen LogP contribution in [0.2, 0.25) is 0 Å². The van der Waals surface area contributed by atoms with Crippen LogP contribution in [0, 0.1) is 27.7 Å². The van der Waals surface area contributed by atoms with Gasteiger partial charge in [-0.05, 0) is 27.7 Å². The summed E-state index contributed by atoms with van der Waals surface area (Å²) in [6.45, 7) is 6.19. The molecule has 0 spiro atoms. The Morgan fingerprint density at radius 3 is 1.25 bits per heavy atom. The number of anilines is 5. The topological polar surface area (TPSA) is 490 Å². The zero-order valence-electron chi connectivity index (χ0n) is 44.0. The van der Waals surface area contributed by atoms with Gasteiger partial charge in [0, 0.05) is 33.3 Å². The standard InChI is InChI=1S/C24H27N17O5.C12H15N9O.C6H9N3O2/c1-10-15(32-34-19-12(14(43)9-42)7-27-38(19)3)17(25)40(36-10)22-29-23(31-24(30-22)46-6)41-18(26)16(11(2)37-41)33-35-20-13(21(44)45-5)8-28-39(20)4;1-6-4-8(13)20(18-6)10-15-11(17-12(16-10)22-3)21-9(14)5-7(2)19-21;1-9-5(7)4(3-8-9)6(10)11-2/h7-8,42H,9,25-26H2,1-6H3;4-5H,13-14H2,1-3H3;3H,7H2,1-2H3. The van der Waals surface area contributed by atoms with E-state index in [1.54, 1.807) is 47.1 Å². The second kappa shape index (κ2) is 23.2. The largest absolute Gasteiger partial charge is 0.467 e. The predicted molar refractivity (Wildman–Crippen MR) is 274 cm³/mol. The molecular formula is C42H51N29O8. The summed E-state index contributed by atoms with van der Waals surface area (Å²) < 4.78 is 28.9. The average molecular weight is 1090 g/mol. The molecule has 0 saturated carbocycles. The summed E-state index contributed by atoms with van der Waals surface area (Å²) in [5, 5.41) is 55.0. The first-order valence-corrected chi connectivity index (χ1v) is 22.5. The molecule has 79 heavy (non-hydrogen) atoms. The molecule has 0 amide bonds. The summed E-state index contributed by atoms with van der Waals surface area (Å²) in [4.78, 5) is 60.6. The van der Waals surface area contributed by atoms with Crippen molar-refractivity contribution in [2.24, 2.45) is 41.6 Å². The highest BCUT2D eigenvalue weighted by atomic mass is 16.5. The van der Waals surface area contributed by atoms with Crippen molar-refractivity contribution in [3.63, 3.8) is 0 Å². The Hall–Kier alpha value is -11.1. The number of carbonyl (C=O) groups is 3. The number of nitrogen functional groups attached to an aromatic ring is 5. The monoisotopic (exact) mass is 1090 g/mol. The lowest BCUT2D eigenvalue weighted by atomic mass is 10.2. The number of nitrogens with two attached hydrogens (primary N) is 5. The number of aryl methyl sites for hydroxylation is 7. The molecule has 412 valence electrons. The van der Waals surface area contributed by atoms with E-state index in [2.05, 4.69) is 90.8 Å². The summed E-state index contributed by atoms with van der Waals surface area (Å²) >= 11 is 0. The van der Waals surface area contributed by atoms with Crippen LogP contribution in [-0.4, -0.2) is 156 Å². The average Bonchev–Trinajstić information content (AvgIpc) is 4.35. The third kappa shape index (κ3) is 11.6. The van der Waals surface area contributed by atoms with Gasteiger partial charge in [0.15, 0.2) is 40.4 Å². The number of aliphatic hydroxyl groups excluding tert-OH is 1. The molecule has 0 aliphatic carbocycles. The van der Waals surface area contributed by atoms with Crippen molar-refractivity contribution in [3.05, 3.63) is 70.2 Å². The van der Waals surface area contributed by atoms with Gasteiger partial charge in [-0.25, -0.2) is 19.0 Å². The van der Waals surface area contributed by atoms with Crippen molar-refractivity contribution in [1.82, 2.24) is 98.4 Å². The number of esters is 2. The van der Waals surface area contributed by atoms with E-state index >= 15 is 0 Å². The molecule has 0 unspecified atom stereocenters. The zero-order chi connectivity index (χ0) is 57.6. The van der Waals surface area contributed by atoms with Gasteiger partial charge in [0.2, 0.25) is 0 Å². The van der Waals surface area contributed by atoms with Crippen LogP contribution >= 0.6 is 0 Å². The molecule has 9 rings (SSSR count). The molecule has 9 aromatic rings. The van der Waals surface area contributed by atoms with Crippen LogP contribution in [0.25, 0.3) is 23.8 Å². The second-order valence-electron chi connectivity index (χ2n) is 16.1. The number of Topliss-reactive ketones (excluding diaryl/α,β-unsaturated/α-hetero) is 1. The van der Waals surface area contributed by atoms with Crippen LogP contribution in [0.3, 0.4) is 0 Å².